The van der Waals surface area contributed by atoms with Crippen molar-refractivity contribution in [3.63, 3.8) is 0 Å². The fourth-order valence-corrected chi connectivity index (χ4v) is 11.7. The van der Waals surface area contributed by atoms with Gasteiger partial charge in [0.15, 0.2) is 5.78 Å². The third-order valence-corrected chi connectivity index (χ3v) is 13.3. The highest BCUT2D eigenvalue weighted by Crippen LogP contribution is 2.73. The van der Waals surface area contributed by atoms with Crippen molar-refractivity contribution in [2.24, 2.45) is 57.2 Å². The van der Waals surface area contributed by atoms with Crippen LogP contribution in [-0.2, 0) is 14.3 Å². The van der Waals surface area contributed by atoms with E-state index in [0.29, 0.717) is 42.1 Å². The van der Waals surface area contributed by atoms with E-state index < -0.39 is 5.97 Å². The largest absolute Gasteiger partial charge is 0.463 e. The Labute approximate surface area is 231 Å². The van der Waals surface area contributed by atoms with Gasteiger partial charge in [-0.2, -0.15) is 0 Å². The third kappa shape index (κ3) is 3.93. The topological polar surface area (TPSA) is 63.6 Å². The van der Waals surface area contributed by atoms with Crippen molar-refractivity contribution in [2.45, 2.75) is 112 Å². The second-order valence-corrected chi connectivity index (χ2v) is 15.0. The summed E-state index contributed by atoms with van der Waals surface area (Å²) in [6.45, 7) is 18.5. The molecule has 0 radical (unpaired) electrons. The van der Waals surface area contributed by atoms with E-state index in [-0.39, 0.29) is 33.5 Å². The number of fused-ring (bicyclic) bond motifs is 7. The molecule has 5 aliphatic rings. The lowest BCUT2D eigenvalue weighted by atomic mass is 9.36. The van der Waals surface area contributed by atoms with Crippen LogP contribution in [0.15, 0.2) is 24.3 Å². The predicted octanol–water partition coefficient (Wildman–Crippen LogP) is 7.30. The molecule has 10 atom stereocenters. The van der Waals surface area contributed by atoms with Crippen LogP contribution in [0.25, 0.3) is 0 Å². The van der Waals surface area contributed by atoms with E-state index in [1.54, 1.807) is 13.0 Å². The van der Waals surface area contributed by atoms with Crippen LogP contribution in [0.5, 0.6) is 0 Å². The summed E-state index contributed by atoms with van der Waals surface area (Å²) in [6.07, 6.45) is 13.6. The normalized spacial score (nSPS) is 47.4. The number of aliphatic hydroxyl groups excluding tert-OH is 1. The molecule has 0 bridgehead atoms. The minimum absolute atomic E-state index is 0.0267. The lowest BCUT2D eigenvalue weighted by Gasteiger charge is -2.69. The first-order chi connectivity index (χ1) is 17.8. The molecule has 212 valence electrons. The van der Waals surface area contributed by atoms with Crippen LogP contribution in [0.1, 0.15) is 106 Å². The summed E-state index contributed by atoms with van der Waals surface area (Å²) in [4.78, 5) is 25.9. The molecule has 0 aromatic heterocycles. The summed E-state index contributed by atoms with van der Waals surface area (Å²) < 4.78 is 5.07. The van der Waals surface area contributed by atoms with E-state index in [4.69, 9.17) is 4.74 Å². The van der Waals surface area contributed by atoms with Crippen LogP contribution in [-0.4, -0.2) is 29.6 Å². The number of carbonyl (C=O) groups is 2. The van der Waals surface area contributed by atoms with Crippen molar-refractivity contribution in [1.29, 1.82) is 0 Å². The summed E-state index contributed by atoms with van der Waals surface area (Å²) in [7, 11) is 0. The minimum atomic E-state index is -0.421. The second-order valence-electron chi connectivity index (χ2n) is 15.0. The van der Waals surface area contributed by atoms with Gasteiger partial charge in [0.2, 0.25) is 0 Å². The summed E-state index contributed by atoms with van der Waals surface area (Å²) in [5.74, 6) is 2.85. The number of rotatable bonds is 5. The highest BCUT2D eigenvalue weighted by Gasteiger charge is 2.67. The van der Waals surface area contributed by atoms with Crippen LogP contribution in [0.3, 0.4) is 0 Å². The van der Waals surface area contributed by atoms with Gasteiger partial charge in [-0.1, -0.05) is 39.8 Å². The zero-order valence-electron chi connectivity index (χ0n) is 24.9. The van der Waals surface area contributed by atoms with E-state index in [9.17, 15) is 14.7 Å². The van der Waals surface area contributed by atoms with Gasteiger partial charge in [-0.05, 0) is 136 Å². The van der Waals surface area contributed by atoms with Gasteiger partial charge >= 0.3 is 5.97 Å². The van der Waals surface area contributed by atoms with Crippen LogP contribution in [0.2, 0.25) is 0 Å². The zero-order valence-corrected chi connectivity index (χ0v) is 24.9. The molecule has 0 spiro atoms. The number of hydrogen-bond donors (Lipinski definition) is 1. The average Bonchev–Trinajstić information content (AvgIpc) is 3.27. The van der Waals surface area contributed by atoms with Gasteiger partial charge in [0.05, 0.1) is 12.7 Å². The van der Waals surface area contributed by atoms with E-state index in [1.165, 1.54) is 37.3 Å². The SMILES string of the molecule is C=C(C)C1CC[C@]2(C(=O)/C=C/C(=O)OCC)CCC3C(CCC4[C@@]3(C)CCC3C(C)(C)[C@@H](O)CC[C@@]34C)C12. The van der Waals surface area contributed by atoms with Gasteiger partial charge in [0.25, 0.3) is 0 Å². The van der Waals surface area contributed by atoms with Crippen molar-refractivity contribution in [1.82, 2.24) is 0 Å². The van der Waals surface area contributed by atoms with Gasteiger partial charge < -0.3 is 9.84 Å². The van der Waals surface area contributed by atoms with Gasteiger partial charge in [0.1, 0.15) is 0 Å². The molecule has 5 aliphatic carbocycles. The minimum Gasteiger partial charge on any atom is -0.463 e. The monoisotopic (exact) mass is 524 g/mol. The van der Waals surface area contributed by atoms with Crippen molar-refractivity contribution < 1.29 is 19.4 Å². The van der Waals surface area contributed by atoms with Crippen LogP contribution in [0.4, 0.5) is 0 Å². The molecule has 5 fully saturated rings. The van der Waals surface area contributed by atoms with Crippen molar-refractivity contribution in [3.8, 4) is 0 Å². The van der Waals surface area contributed by atoms with Gasteiger partial charge in [0, 0.05) is 11.5 Å². The van der Waals surface area contributed by atoms with Gasteiger partial charge in [-0.25, -0.2) is 4.79 Å². The number of ketones is 1. The summed E-state index contributed by atoms with van der Waals surface area (Å²) in [6, 6.07) is 0. The van der Waals surface area contributed by atoms with E-state index in [0.717, 1.165) is 38.5 Å². The lowest BCUT2D eigenvalue weighted by Crippen LogP contribution is -2.63. The Morgan fingerprint density at radius 2 is 1.58 bits per heavy atom. The highest BCUT2D eigenvalue weighted by atomic mass is 16.5. The lowest BCUT2D eigenvalue weighted by molar-refractivity contribution is -0.215. The highest BCUT2D eigenvalue weighted by molar-refractivity contribution is 5.99. The molecule has 0 aromatic carbocycles. The molecule has 0 amide bonds. The Kier molecular flexibility index (Phi) is 7.10. The molecule has 0 aliphatic heterocycles. The number of allylic oxidation sites excluding steroid dienone is 2. The molecule has 4 nitrogen and oxygen atoms in total. The zero-order chi connectivity index (χ0) is 27.7. The fourth-order valence-electron chi connectivity index (χ4n) is 11.7. The van der Waals surface area contributed by atoms with Gasteiger partial charge in [-0.3, -0.25) is 4.79 Å². The average molecular weight is 525 g/mol. The van der Waals surface area contributed by atoms with E-state index in [2.05, 4.69) is 41.2 Å². The molecule has 0 aromatic rings. The molecule has 4 heteroatoms. The Morgan fingerprint density at radius 1 is 0.895 bits per heavy atom. The smallest absolute Gasteiger partial charge is 0.330 e. The first-order valence-electron chi connectivity index (χ1n) is 15.6. The van der Waals surface area contributed by atoms with Gasteiger partial charge in [-0.15, -0.1) is 0 Å². The molecule has 0 heterocycles. The maximum Gasteiger partial charge on any atom is 0.330 e. The fraction of sp³-hybridized carbons (Fsp3) is 0.824. The molecule has 1 N–H and O–H groups in total. The van der Waals surface area contributed by atoms with Crippen LogP contribution in [0, 0.1) is 57.2 Å². The molecule has 0 saturated heterocycles. The molecule has 5 saturated carbocycles. The number of hydrogen-bond acceptors (Lipinski definition) is 4. The third-order valence-electron chi connectivity index (χ3n) is 13.3. The van der Waals surface area contributed by atoms with Crippen molar-refractivity contribution in [2.75, 3.05) is 6.61 Å². The Hall–Kier alpha value is -1.42. The summed E-state index contributed by atoms with van der Waals surface area (Å²) >= 11 is 0. The maximum atomic E-state index is 13.9. The second kappa shape index (κ2) is 9.60. The molecule has 6 unspecified atom stereocenters. The Balaban J connectivity index is 1.47. The predicted molar refractivity (Wildman–Crippen MR) is 151 cm³/mol. The summed E-state index contributed by atoms with van der Waals surface area (Å²) in [5.41, 5.74) is 1.39. The first kappa shape index (κ1) is 28.1. The Morgan fingerprint density at radius 3 is 2.26 bits per heavy atom. The number of ether oxygens (including phenoxy) is 1. The Bertz CT molecular complexity index is 1010. The molecule has 38 heavy (non-hydrogen) atoms. The number of aliphatic hydroxyl groups is 1. The van der Waals surface area contributed by atoms with E-state index in [1.807, 2.05) is 0 Å². The standard InChI is InChI=1S/C34H52O4/c1-8-38-29(37)12-11-28(36)34-19-13-22(21(2)3)30(34)23-9-10-26-32(6,24(23)14-20-34)17-15-25-31(4,5)27(35)16-18-33(25,26)7/h11-12,22-27,30,35H,2,8-10,13-20H2,1,3-7H3/b12-11+/t22?,23?,24?,25?,26?,27-,30?,32-,33-,34+/m0/s1. The quantitative estimate of drug-likeness (QED) is 0.233. The van der Waals surface area contributed by atoms with Crippen LogP contribution >= 0.6 is 0 Å². The van der Waals surface area contributed by atoms with Crippen LogP contribution < -0.4 is 0 Å². The summed E-state index contributed by atoms with van der Waals surface area (Å²) in [5, 5.41) is 10.9. The van der Waals surface area contributed by atoms with Crippen molar-refractivity contribution >= 4 is 11.8 Å². The maximum absolute atomic E-state index is 13.9. The van der Waals surface area contributed by atoms with E-state index >= 15 is 0 Å². The molecular weight excluding hydrogens is 472 g/mol. The first-order valence-corrected chi connectivity index (χ1v) is 15.6. The molecular formula is C34H52O4. The number of esters is 1. The molecule has 5 rings (SSSR count). The van der Waals surface area contributed by atoms with Crippen molar-refractivity contribution in [3.05, 3.63) is 24.3 Å². The number of carbonyl (C=O) groups excluding carboxylic acids is 2.